The SMILES string of the molecule is CC(C)(C)OC(=O)Nc1ncccc1C=O.COCN(c1cc(Cl)cnc1Br)S(=O)(=O)c1ccc(Cl)c(C(F)(F)F)c1.COCN(c1cc(Cl)cnc1C(O)c1cccnc1NC(=O)OC(C)(C)C)S(=O)(=O)c1ccc(Cl)c(C(F)(F)F)c1. The zero-order valence-electron chi connectivity index (χ0n) is 44.4. The number of hydrogen-bond acceptors (Lipinski definition) is 16. The zero-order chi connectivity index (χ0) is 62.6. The van der Waals surface area contributed by atoms with Crippen molar-refractivity contribution in [2.75, 3.05) is 46.9 Å². The van der Waals surface area contributed by atoms with E-state index in [4.69, 9.17) is 65.4 Å². The van der Waals surface area contributed by atoms with Crippen molar-refractivity contribution >= 4 is 124 Å². The molecule has 0 fully saturated rings. The standard InChI is InChI=1S/C25H25Cl2F3N4O6S.C14H10BrCl2F3N2O3S.C11H14N2O3/c1-24(2,3)40-23(36)33-22-16(6-5-9-31-22)21(35)20-19(10-14(26)12-32-20)34(13-39-4)41(37,38)15-7-8-18(27)17(11-15)25(28,29)30;1-25-7-22(12-4-8(16)6-21-13(12)15)26(23,24)9-2-3-11(17)10(5-9)14(18,19)20;1-11(2,3)16-10(15)13-9-8(7-14)5-4-6-12-9/h5-12,21,35H,13H2,1-4H3,(H,31,33,36);2-6H,7H2,1H3;4-7H,1-3H3,(H,12,13,15). The lowest BCUT2D eigenvalue weighted by atomic mass is 10.1. The molecule has 3 N–H and O–H groups in total. The molecule has 20 nitrogen and oxygen atoms in total. The summed E-state index contributed by atoms with van der Waals surface area (Å²) < 4.78 is 154. The van der Waals surface area contributed by atoms with Crippen molar-refractivity contribution in [1.82, 2.24) is 19.9 Å². The molecule has 33 heteroatoms. The Labute approximate surface area is 500 Å². The van der Waals surface area contributed by atoms with Crippen LogP contribution in [0.4, 0.5) is 58.9 Å². The third-order valence-electron chi connectivity index (χ3n) is 9.94. The van der Waals surface area contributed by atoms with Gasteiger partial charge in [0.1, 0.15) is 47.0 Å². The molecule has 0 bridgehead atoms. The van der Waals surface area contributed by atoms with Gasteiger partial charge in [0, 0.05) is 44.6 Å². The number of pyridine rings is 4. The van der Waals surface area contributed by atoms with E-state index in [1.165, 1.54) is 43.9 Å². The van der Waals surface area contributed by atoms with Crippen LogP contribution in [0.25, 0.3) is 0 Å². The molecule has 0 aliphatic carbocycles. The number of halogens is 11. The molecule has 6 aromatic rings. The van der Waals surface area contributed by atoms with E-state index < -0.39 is 106 Å². The summed E-state index contributed by atoms with van der Waals surface area (Å²) in [5.41, 5.74) is -4.35. The number of carbonyl (C=O) groups is 3. The highest BCUT2D eigenvalue weighted by molar-refractivity contribution is 9.10. The van der Waals surface area contributed by atoms with Crippen LogP contribution in [0.1, 0.15) is 80.4 Å². The number of nitrogens with zero attached hydrogens (tertiary/aromatic N) is 6. The first-order chi connectivity index (χ1) is 38.4. The lowest BCUT2D eigenvalue weighted by molar-refractivity contribution is -0.138. The van der Waals surface area contributed by atoms with Gasteiger partial charge >= 0.3 is 24.5 Å². The van der Waals surface area contributed by atoms with Gasteiger partial charge in [0.25, 0.3) is 20.0 Å². The first-order valence-corrected chi connectivity index (χ1v) is 28.3. The maximum atomic E-state index is 13.7. The Hall–Kier alpha value is -6.15. The third kappa shape index (κ3) is 19.4. The zero-order valence-corrected chi connectivity index (χ0v) is 50.6. The molecule has 0 saturated carbocycles. The van der Waals surface area contributed by atoms with Crippen LogP contribution in [0.3, 0.4) is 0 Å². The highest BCUT2D eigenvalue weighted by atomic mass is 79.9. The number of methoxy groups -OCH3 is 2. The molecule has 0 aliphatic heterocycles. The smallest absolute Gasteiger partial charge is 0.417 e. The summed E-state index contributed by atoms with van der Waals surface area (Å²) in [4.78, 5) is 49.0. The minimum atomic E-state index is -4.94. The summed E-state index contributed by atoms with van der Waals surface area (Å²) in [7, 11) is -6.83. The van der Waals surface area contributed by atoms with E-state index in [0.29, 0.717) is 28.3 Å². The molecule has 1 atom stereocenters. The van der Waals surface area contributed by atoms with E-state index in [-0.39, 0.29) is 48.9 Å². The van der Waals surface area contributed by atoms with Crippen molar-refractivity contribution in [3.63, 3.8) is 0 Å². The Morgan fingerprint density at radius 1 is 0.651 bits per heavy atom. The second-order valence-corrected chi connectivity index (χ2v) is 24.7. The minimum absolute atomic E-state index is 0.00265. The average molecular weight is 1350 g/mol. The highest BCUT2D eigenvalue weighted by Gasteiger charge is 2.39. The Balaban J connectivity index is 0.000000299. The number of amides is 2. The van der Waals surface area contributed by atoms with Crippen LogP contribution in [0.15, 0.2) is 112 Å². The molecule has 0 radical (unpaired) electrons. The van der Waals surface area contributed by atoms with E-state index in [0.717, 1.165) is 47.9 Å². The topological polar surface area (TPSA) is 259 Å². The molecule has 0 spiro atoms. The van der Waals surface area contributed by atoms with Gasteiger partial charge in [-0.2, -0.15) is 26.3 Å². The monoisotopic (exact) mass is 1350 g/mol. The predicted molar refractivity (Wildman–Crippen MR) is 300 cm³/mol. The van der Waals surface area contributed by atoms with Crippen LogP contribution in [0.5, 0.6) is 0 Å². The summed E-state index contributed by atoms with van der Waals surface area (Å²) in [6.45, 7) is 9.02. The van der Waals surface area contributed by atoms with E-state index in [2.05, 4.69) is 46.5 Å². The predicted octanol–water partition coefficient (Wildman–Crippen LogP) is 13.2. The van der Waals surface area contributed by atoms with Crippen LogP contribution in [0.2, 0.25) is 20.1 Å². The van der Waals surface area contributed by atoms with Crippen LogP contribution in [-0.2, 0) is 51.3 Å². The molecule has 1 unspecified atom stereocenters. The summed E-state index contributed by atoms with van der Waals surface area (Å²) in [5.74, 6) is 0.0809. The maximum Gasteiger partial charge on any atom is 0.417 e. The number of benzene rings is 2. The molecule has 0 aliphatic rings. The number of aliphatic hydroxyl groups excluding tert-OH is 1. The lowest BCUT2D eigenvalue weighted by Crippen LogP contribution is -2.34. The van der Waals surface area contributed by atoms with E-state index in [1.807, 2.05) is 0 Å². The molecule has 83 heavy (non-hydrogen) atoms. The molecular formula is C50H49BrCl4F6N8O12S2. The number of nitrogens with one attached hydrogen (secondary N) is 2. The van der Waals surface area contributed by atoms with Gasteiger partial charge in [0.05, 0.1) is 63.6 Å². The fourth-order valence-electron chi connectivity index (χ4n) is 6.53. The molecule has 450 valence electrons. The number of sulfonamides is 2. The van der Waals surface area contributed by atoms with Crippen molar-refractivity contribution < 1.29 is 81.6 Å². The molecule has 4 heterocycles. The van der Waals surface area contributed by atoms with Crippen LogP contribution in [-0.4, -0.2) is 99.2 Å². The lowest BCUT2D eigenvalue weighted by Gasteiger charge is -2.27. The van der Waals surface area contributed by atoms with Crippen molar-refractivity contribution in [3.05, 3.63) is 150 Å². The minimum Gasteiger partial charge on any atom is -0.444 e. The van der Waals surface area contributed by atoms with Crippen molar-refractivity contribution in [2.24, 2.45) is 0 Å². The van der Waals surface area contributed by atoms with Gasteiger partial charge in [-0.1, -0.05) is 52.5 Å². The molecular weight excluding hydrogens is 1300 g/mol. The van der Waals surface area contributed by atoms with Gasteiger partial charge in [0.15, 0.2) is 6.29 Å². The van der Waals surface area contributed by atoms with Gasteiger partial charge in [-0.15, -0.1) is 0 Å². The number of anilines is 4. The molecule has 2 aromatic carbocycles. The number of aliphatic hydroxyl groups is 1. The van der Waals surface area contributed by atoms with Crippen LogP contribution >= 0.6 is 62.3 Å². The number of carbonyl (C=O) groups excluding carboxylic acids is 3. The number of ether oxygens (including phenoxy) is 4. The first kappa shape index (κ1) is 69.3. The van der Waals surface area contributed by atoms with E-state index in [1.54, 1.807) is 53.7 Å². The summed E-state index contributed by atoms with van der Waals surface area (Å²) in [6.07, 6.45) is -7.13. The molecule has 2 amide bonds. The third-order valence-corrected chi connectivity index (χ3v) is 15.1. The number of alkyl halides is 6. The number of aromatic nitrogens is 4. The largest absolute Gasteiger partial charge is 0.444 e. The Morgan fingerprint density at radius 3 is 1.52 bits per heavy atom. The number of rotatable bonds is 15. The van der Waals surface area contributed by atoms with Gasteiger partial charge in [-0.3, -0.25) is 20.4 Å². The van der Waals surface area contributed by atoms with E-state index in [9.17, 15) is 62.7 Å². The van der Waals surface area contributed by atoms with Crippen molar-refractivity contribution in [3.8, 4) is 0 Å². The molecule has 4 aromatic heterocycles. The summed E-state index contributed by atoms with van der Waals surface area (Å²) in [6, 6.07) is 12.8. The maximum absolute atomic E-state index is 13.7. The average Bonchev–Trinajstić information content (AvgIpc) is 3.36. The van der Waals surface area contributed by atoms with Crippen molar-refractivity contribution in [2.45, 2.75) is 81.0 Å². The quantitative estimate of drug-likeness (QED) is 0.0374. The van der Waals surface area contributed by atoms with Crippen LogP contribution < -0.4 is 19.2 Å². The Morgan fingerprint density at radius 2 is 1.07 bits per heavy atom. The fourth-order valence-corrected chi connectivity index (χ4v) is 10.7. The fraction of sp³-hybridized carbons (Fsp3) is 0.300. The summed E-state index contributed by atoms with van der Waals surface area (Å²) in [5, 5.41) is 15.0. The highest BCUT2D eigenvalue weighted by Crippen LogP contribution is 2.41. The second kappa shape index (κ2) is 28.6. The number of aldehydes is 1. The molecule has 6 rings (SSSR count). The van der Waals surface area contributed by atoms with Crippen molar-refractivity contribution in [1.29, 1.82) is 0 Å². The Bertz CT molecular complexity index is 3530. The number of hydrogen-bond donors (Lipinski definition) is 3. The molecule has 0 saturated heterocycles. The van der Waals surface area contributed by atoms with Gasteiger partial charge < -0.3 is 24.1 Å². The Kier molecular flexibility index (Phi) is 23.9. The van der Waals surface area contributed by atoms with E-state index >= 15 is 0 Å². The summed E-state index contributed by atoms with van der Waals surface area (Å²) >= 11 is 26.3. The van der Waals surface area contributed by atoms with Gasteiger partial charge in [0.2, 0.25) is 0 Å². The normalized spacial score (nSPS) is 12.3. The van der Waals surface area contributed by atoms with Crippen LogP contribution in [0, 0.1) is 0 Å². The first-order valence-electron chi connectivity index (χ1n) is 23.1. The van der Waals surface area contributed by atoms with Gasteiger partial charge in [-0.05, 0) is 124 Å². The second-order valence-electron chi connectivity index (χ2n) is 18.5. The van der Waals surface area contributed by atoms with Gasteiger partial charge in [-0.25, -0.2) is 50.0 Å².